The fourth-order valence-corrected chi connectivity index (χ4v) is 3.15. The standard InChI is InChI=1S/C15H15BrN2O4S/c1-17-15(19)10-22-13-5-7-14(8-6-13)23(20,21)18-12-4-2-3-11(16)9-12/h2-9,18H,10H2,1H3,(H,17,19). The second-order valence-electron chi connectivity index (χ2n) is 4.55. The Balaban J connectivity index is 2.09. The minimum Gasteiger partial charge on any atom is -0.484 e. The Labute approximate surface area is 143 Å². The van der Waals surface area contributed by atoms with E-state index in [-0.39, 0.29) is 17.4 Å². The van der Waals surface area contributed by atoms with Crippen LogP contribution in [0.3, 0.4) is 0 Å². The van der Waals surface area contributed by atoms with Crippen molar-refractivity contribution in [1.29, 1.82) is 0 Å². The molecule has 2 rings (SSSR count). The molecule has 0 saturated heterocycles. The summed E-state index contributed by atoms with van der Waals surface area (Å²) in [7, 11) is -2.18. The first-order chi connectivity index (χ1) is 10.9. The Morgan fingerprint density at radius 2 is 1.87 bits per heavy atom. The number of benzene rings is 2. The summed E-state index contributed by atoms with van der Waals surface area (Å²) in [5.41, 5.74) is 0.458. The third-order valence-electron chi connectivity index (χ3n) is 2.86. The first kappa shape index (κ1) is 17.3. The van der Waals surface area contributed by atoms with Gasteiger partial charge >= 0.3 is 0 Å². The van der Waals surface area contributed by atoms with E-state index in [0.717, 1.165) is 4.47 Å². The summed E-state index contributed by atoms with van der Waals surface area (Å²) in [4.78, 5) is 11.2. The number of likely N-dealkylation sites (N-methyl/N-ethyl adjacent to an activating group) is 1. The molecule has 0 radical (unpaired) electrons. The predicted molar refractivity (Wildman–Crippen MR) is 91.0 cm³/mol. The third-order valence-corrected chi connectivity index (χ3v) is 4.75. The van der Waals surface area contributed by atoms with Crippen LogP contribution >= 0.6 is 15.9 Å². The van der Waals surface area contributed by atoms with Gasteiger partial charge in [-0.15, -0.1) is 0 Å². The molecule has 8 heteroatoms. The Kier molecular flexibility index (Phi) is 5.62. The van der Waals surface area contributed by atoms with Crippen molar-refractivity contribution in [2.45, 2.75) is 4.90 Å². The van der Waals surface area contributed by atoms with Crippen molar-refractivity contribution in [2.24, 2.45) is 0 Å². The van der Waals surface area contributed by atoms with Gasteiger partial charge in [-0.3, -0.25) is 9.52 Å². The van der Waals surface area contributed by atoms with Crippen LogP contribution < -0.4 is 14.8 Å². The monoisotopic (exact) mass is 398 g/mol. The minimum absolute atomic E-state index is 0.102. The van der Waals surface area contributed by atoms with Crippen LogP contribution in [0.1, 0.15) is 0 Å². The average Bonchev–Trinajstić information content (AvgIpc) is 2.52. The van der Waals surface area contributed by atoms with E-state index in [2.05, 4.69) is 26.0 Å². The lowest BCUT2D eigenvalue weighted by atomic mass is 10.3. The molecule has 0 heterocycles. The Morgan fingerprint density at radius 1 is 1.17 bits per heavy atom. The third kappa shape index (κ3) is 4.97. The highest BCUT2D eigenvalue weighted by molar-refractivity contribution is 9.10. The van der Waals surface area contributed by atoms with Gasteiger partial charge in [-0.05, 0) is 42.5 Å². The number of rotatable bonds is 6. The van der Waals surface area contributed by atoms with Crippen LogP contribution in [0.2, 0.25) is 0 Å². The number of halogens is 1. The normalized spacial score (nSPS) is 10.9. The molecule has 0 aliphatic rings. The van der Waals surface area contributed by atoms with Gasteiger partial charge in [0.1, 0.15) is 5.75 Å². The van der Waals surface area contributed by atoms with E-state index in [1.165, 1.54) is 31.3 Å². The van der Waals surface area contributed by atoms with E-state index >= 15 is 0 Å². The van der Waals surface area contributed by atoms with E-state index in [4.69, 9.17) is 4.74 Å². The first-order valence-corrected chi connectivity index (χ1v) is 8.90. The van der Waals surface area contributed by atoms with Crippen LogP contribution in [0.15, 0.2) is 57.9 Å². The molecule has 6 nitrogen and oxygen atoms in total. The number of ether oxygens (including phenoxy) is 1. The zero-order valence-electron chi connectivity index (χ0n) is 12.2. The van der Waals surface area contributed by atoms with Crippen molar-refractivity contribution < 1.29 is 17.9 Å². The zero-order valence-corrected chi connectivity index (χ0v) is 14.6. The second kappa shape index (κ2) is 7.47. The fourth-order valence-electron chi connectivity index (χ4n) is 1.70. The smallest absolute Gasteiger partial charge is 0.261 e. The molecule has 0 spiro atoms. The molecule has 2 aromatic carbocycles. The topological polar surface area (TPSA) is 84.5 Å². The van der Waals surface area contributed by atoms with Gasteiger partial charge in [0.2, 0.25) is 0 Å². The molecule has 0 aromatic heterocycles. The molecule has 2 N–H and O–H groups in total. The van der Waals surface area contributed by atoms with E-state index in [1.807, 2.05) is 0 Å². The van der Waals surface area contributed by atoms with Gasteiger partial charge < -0.3 is 10.1 Å². The molecular formula is C15H15BrN2O4S. The summed E-state index contributed by atoms with van der Waals surface area (Å²) < 4.78 is 33.1. The SMILES string of the molecule is CNC(=O)COc1ccc(S(=O)(=O)Nc2cccc(Br)c2)cc1. The van der Waals surface area contributed by atoms with Crippen LogP contribution in [0, 0.1) is 0 Å². The highest BCUT2D eigenvalue weighted by Crippen LogP contribution is 2.21. The number of hydrogen-bond acceptors (Lipinski definition) is 4. The second-order valence-corrected chi connectivity index (χ2v) is 7.15. The molecule has 2 aromatic rings. The van der Waals surface area contributed by atoms with Gasteiger partial charge in [-0.1, -0.05) is 22.0 Å². The number of hydrogen-bond donors (Lipinski definition) is 2. The average molecular weight is 399 g/mol. The first-order valence-electron chi connectivity index (χ1n) is 6.62. The summed E-state index contributed by atoms with van der Waals surface area (Å²) in [6.07, 6.45) is 0. The lowest BCUT2D eigenvalue weighted by molar-refractivity contribution is -0.122. The summed E-state index contributed by atoms with van der Waals surface area (Å²) >= 11 is 3.29. The molecule has 122 valence electrons. The summed E-state index contributed by atoms with van der Waals surface area (Å²) in [5.74, 6) is 0.146. The maximum absolute atomic E-state index is 12.3. The van der Waals surface area contributed by atoms with Gasteiger partial charge in [-0.25, -0.2) is 8.42 Å². The molecule has 23 heavy (non-hydrogen) atoms. The van der Waals surface area contributed by atoms with E-state index in [9.17, 15) is 13.2 Å². The number of sulfonamides is 1. The fraction of sp³-hybridized carbons (Fsp3) is 0.133. The van der Waals surface area contributed by atoms with E-state index < -0.39 is 10.0 Å². The maximum atomic E-state index is 12.3. The van der Waals surface area contributed by atoms with Crippen molar-refractivity contribution in [3.63, 3.8) is 0 Å². The lowest BCUT2D eigenvalue weighted by Gasteiger charge is -2.09. The maximum Gasteiger partial charge on any atom is 0.261 e. The van der Waals surface area contributed by atoms with Gasteiger partial charge in [0.05, 0.1) is 4.90 Å². The van der Waals surface area contributed by atoms with Crippen molar-refractivity contribution in [2.75, 3.05) is 18.4 Å². The van der Waals surface area contributed by atoms with E-state index in [0.29, 0.717) is 11.4 Å². The van der Waals surface area contributed by atoms with Crippen LogP contribution in [0.4, 0.5) is 5.69 Å². The molecule has 0 aliphatic heterocycles. The molecule has 0 fully saturated rings. The zero-order chi connectivity index (χ0) is 16.9. The molecule has 0 unspecified atom stereocenters. The van der Waals surface area contributed by atoms with Gasteiger partial charge in [-0.2, -0.15) is 0 Å². The largest absolute Gasteiger partial charge is 0.484 e. The summed E-state index contributed by atoms with van der Waals surface area (Å²) in [5, 5.41) is 2.43. The number of amides is 1. The summed E-state index contributed by atoms with van der Waals surface area (Å²) in [6, 6.07) is 12.7. The van der Waals surface area contributed by atoms with Gasteiger partial charge in [0.15, 0.2) is 6.61 Å². The minimum atomic E-state index is -3.69. The van der Waals surface area contributed by atoms with Gasteiger partial charge in [0.25, 0.3) is 15.9 Å². The predicted octanol–water partition coefficient (Wildman–Crippen LogP) is 2.37. The Hall–Kier alpha value is -2.06. The van der Waals surface area contributed by atoms with Crippen molar-refractivity contribution in [3.8, 4) is 5.75 Å². The van der Waals surface area contributed by atoms with Crippen LogP contribution in [-0.4, -0.2) is 28.0 Å². The van der Waals surface area contributed by atoms with Crippen LogP contribution in [0.5, 0.6) is 5.75 Å². The molecule has 0 saturated carbocycles. The Bertz CT molecular complexity index is 791. The van der Waals surface area contributed by atoms with Crippen LogP contribution in [-0.2, 0) is 14.8 Å². The van der Waals surface area contributed by atoms with Crippen molar-refractivity contribution in [1.82, 2.24) is 5.32 Å². The molecular weight excluding hydrogens is 384 g/mol. The number of nitrogens with one attached hydrogen (secondary N) is 2. The number of carbonyl (C=O) groups excluding carboxylic acids is 1. The van der Waals surface area contributed by atoms with Crippen molar-refractivity contribution in [3.05, 3.63) is 53.0 Å². The highest BCUT2D eigenvalue weighted by atomic mass is 79.9. The Morgan fingerprint density at radius 3 is 2.48 bits per heavy atom. The van der Waals surface area contributed by atoms with Crippen molar-refractivity contribution >= 4 is 37.5 Å². The molecule has 0 atom stereocenters. The number of carbonyl (C=O) groups is 1. The van der Waals surface area contributed by atoms with Crippen LogP contribution in [0.25, 0.3) is 0 Å². The molecule has 1 amide bonds. The lowest BCUT2D eigenvalue weighted by Crippen LogP contribution is -2.24. The molecule has 0 bridgehead atoms. The highest BCUT2D eigenvalue weighted by Gasteiger charge is 2.14. The number of anilines is 1. The molecule has 0 aliphatic carbocycles. The quantitative estimate of drug-likeness (QED) is 0.781. The van der Waals surface area contributed by atoms with E-state index in [1.54, 1.807) is 24.3 Å². The van der Waals surface area contributed by atoms with Gasteiger partial charge in [0, 0.05) is 17.2 Å². The summed E-state index contributed by atoms with van der Waals surface area (Å²) in [6.45, 7) is -0.126.